The smallest absolute Gasteiger partial charge is 0.312 e. The fraction of sp³-hybridized carbons (Fsp3) is 0.273. The van der Waals surface area contributed by atoms with Gasteiger partial charge in [-0.25, -0.2) is 13.6 Å². The number of hydrogen-bond acceptors (Lipinski definition) is 5. The first-order valence-electron chi connectivity index (χ1n) is 5.33. The molecule has 0 unspecified atom stereocenters. The number of aryl methyl sites for hydroxylation is 1. The molecule has 0 spiro atoms. The lowest BCUT2D eigenvalue weighted by atomic mass is 10.2. The number of hydrogen-bond donors (Lipinski definition) is 1. The average Bonchev–Trinajstić information content (AvgIpc) is 2.27. The number of nitro benzene ring substituents is 1. The SMILES string of the molecule is C/C=C/COc1cc(C)c(S(N)(=O)=O)cc1[N+](=O)[O-]. The molecule has 19 heavy (non-hydrogen) atoms. The van der Waals surface area contributed by atoms with Crippen LogP contribution in [0.2, 0.25) is 0 Å². The van der Waals surface area contributed by atoms with Crippen LogP contribution in [0.5, 0.6) is 5.75 Å². The van der Waals surface area contributed by atoms with Gasteiger partial charge in [-0.2, -0.15) is 0 Å². The Morgan fingerprint density at radius 2 is 2.11 bits per heavy atom. The standard InChI is InChI=1S/C11H14N2O5S/c1-3-4-5-18-10-6-8(2)11(19(12,16)17)7-9(10)13(14)15/h3-4,6-7H,5H2,1-2H3,(H2,12,16,17)/b4-3+. The summed E-state index contributed by atoms with van der Waals surface area (Å²) in [5.74, 6) is 0.00741. The van der Waals surface area contributed by atoms with Crippen LogP contribution in [0.25, 0.3) is 0 Å². The molecule has 0 aliphatic carbocycles. The monoisotopic (exact) mass is 286 g/mol. The summed E-state index contributed by atoms with van der Waals surface area (Å²) >= 11 is 0. The first kappa shape index (κ1) is 15.1. The van der Waals surface area contributed by atoms with Gasteiger partial charge in [0.05, 0.1) is 9.82 Å². The minimum Gasteiger partial charge on any atom is -0.483 e. The molecular formula is C11H14N2O5S. The molecule has 1 aromatic carbocycles. The highest BCUT2D eigenvalue weighted by atomic mass is 32.2. The van der Waals surface area contributed by atoms with Crippen molar-refractivity contribution in [3.05, 3.63) is 40.0 Å². The molecule has 0 saturated heterocycles. The van der Waals surface area contributed by atoms with E-state index in [2.05, 4.69) is 0 Å². The van der Waals surface area contributed by atoms with Crippen molar-refractivity contribution in [2.45, 2.75) is 18.7 Å². The molecule has 2 N–H and O–H groups in total. The lowest BCUT2D eigenvalue weighted by Gasteiger charge is -2.08. The second-order valence-electron chi connectivity index (χ2n) is 3.77. The van der Waals surface area contributed by atoms with Gasteiger partial charge in [0.1, 0.15) is 6.61 Å². The van der Waals surface area contributed by atoms with E-state index in [0.717, 1.165) is 6.07 Å². The zero-order valence-corrected chi connectivity index (χ0v) is 11.3. The van der Waals surface area contributed by atoms with Gasteiger partial charge in [0.15, 0.2) is 5.75 Å². The Labute approximate surface area is 110 Å². The highest BCUT2D eigenvalue weighted by molar-refractivity contribution is 7.89. The molecule has 8 heteroatoms. The third kappa shape index (κ3) is 3.76. The molecule has 1 aromatic rings. The van der Waals surface area contributed by atoms with Crippen molar-refractivity contribution < 1.29 is 18.1 Å². The molecule has 0 fully saturated rings. The minimum atomic E-state index is -4.01. The summed E-state index contributed by atoms with van der Waals surface area (Å²) < 4.78 is 27.8. The van der Waals surface area contributed by atoms with Gasteiger partial charge in [0.2, 0.25) is 10.0 Å². The second-order valence-corrected chi connectivity index (χ2v) is 5.30. The van der Waals surface area contributed by atoms with E-state index < -0.39 is 20.6 Å². The summed E-state index contributed by atoms with van der Waals surface area (Å²) in [7, 11) is -4.01. The van der Waals surface area contributed by atoms with Crippen molar-refractivity contribution in [2.75, 3.05) is 6.61 Å². The summed E-state index contributed by atoms with van der Waals surface area (Å²) in [6.45, 7) is 3.44. The number of allylic oxidation sites excluding steroid dienone is 1. The van der Waals surface area contributed by atoms with Crippen LogP contribution in [0, 0.1) is 17.0 Å². The van der Waals surface area contributed by atoms with E-state index in [1.807, 2.05) is 0 Å². The third-order valence-corrected chi connectivity index (χ3v) is 3.38. The Balaban J connectivity index is 3.33. The van der Waals surface area contributed by atoms with E-state index in [-0.39, 0.29) is 17.3 Å². The van der Waals surface area contributed by atoms with Crippen LogP contribution in [-0.4, -0.2) is 19.9 Å². The molecule has 0 bridgehead atoms. The number of sulfonamides is 1. The van der Waals surface area contributed by atoms with Crippen molar-refractivity contribution in [2.24, 2.45) is 5.14 Å². The van der Waals surface area contributed by atoms with E-state index in [4.69, 9.17) is 9.88 Å². The maximum Gasteiger partial charge on any atom is 0.312 e. The van der Waals surface area contributed by atoms with Gasteiger partial charge in [-0.1, -0.05) is 12.2 Å². The highest BCUT2D eigenvalue weighted by Gasteiger charge is 2.22. The van der Waals surface area contributed by atoms with Gasteiger partial charge in [-0.15, -0.1) is 0 Å². The van der Waals surface area contributed by atoms with Crippen molar-refractivity contribution in [3.63, 3.8) is 0 Å². The first-order valence-corrected chi connectivity index (χ1v) is 6.87. The Hall–Kier alpha value is -1.93. The Morgan fingerprint density at radius 3 is 2.58 bits per heavy atom. The molecule has 0 aliphatic rings. The summed E-state index contributed by atoms with van der Waals surface area (Å²) in [6, 6.07) is 2.21. The summed E-state index contributed by atoms with van der Waals surface area (Å²) in [4.78, 5) is 9.93. The van der Waals surface area contributed by atoms with E-state index in [9.17, 15) is 18.5 Å². The zero-order valence-electron chi connectivity index (χ0n) is 10.5. The fourth-order valence-corrected chi connectivity index (χ4v) is 2.23. The largest absolute Gasteiger partial charge is 0.483 e. The molecule has 0 atom stereocenters. The summed E-state index contributed by atoms with van der Waals surface area (Å²) in [5.41, 5.74) is -0.136. The third-order valence-electron chi connectivity index (χ3n) is 2.33. The van der Waals surface area contributed by atoms with Gasteiger partial charge >= 0.3 is 5.69 Å². The number of primary sulfonamides is 1. The molecule has 0 aliphatic heterocycles. The molecule has 7 nitrogen and oxygen atoms in total. The number of nitrogens with two attached hydrogens (primary N) is 1. The number of rotatable bonds is 5. The van der Waals surface area contributed by atoms with E-state index in [1.165, 1.54) is 13.0 Å². The van der Waals surface area contributed by atoms with E-state index in [1.54, 1.807) is 19.1 Å². The molecule has 104 valence electrons. The van der Waals surface area contributed by atoms with Crippen molar-refractivity contribution in [1.82, 2.24) is 0 Å². The molecule has 0 amide bonds. The molecule has 0 heterocycles. The molecule has 1 rings (SSSR count). The number of nitrogens with zero attached hydrogens (tertiary/aromatic N) is 1. The number of nitro groups is 1. The highest BCUT2D eigenvalue weighted by Crippen LogP contribution is 2.32. The van der Waals surface area contributed by atoms with Gasteiger partial charge in [-0.3, -0.25) is 10.1 Å². The quantitative estimate of drug-likeness (QED) is 0.500. The number of benzene rings is 1. The van der Waals surface area contributed by atoms with Gasteiger partial charge in [-0.05, 0) is 25.5 Å². The molecular weight excluding hydrogens is 272 g/mol. The van der Waals surface area contributed by atoms with Crippen LogP contribution < -0.4 is 9.88 Å². The Kier molecular flexibility index (Phi) is 4.62. The van der Waals surface area contributed by atoms with Crippen LogP contribution in [0.1, 0.15) is 12.5 Å². The molecule has 0 saturated carbocycles. The predicted molar refractivity (Wildman–Crippen MR) is 69.5 cm³/mol. The Bertz CT molecular complexity index is 622. The van der Waals surface area contributed by atoms with Gasteiger partial charge in [0, 0.05) is 6.07 Å². The van der Waals surface area contributed by atoms with Crippen LogP contribution in [-0.2, 0) is 10.0 Å². The van der Waals surface area contributed by atoms with Gasteiger partial charge in [0.25, 0.3) is 0 Å². The van der Waals surface area contributed by atoms with E-state index >= 15 is 0 Å². The first-order chi connectivity index (χ1) is 8.77. The summed E-state index contributed by atoms with van der Waals surface area (Å²) in [6.07, 6.45) is 3.41. The topological polar surface area (TPSA) is 113 Å². The summed E-state index contributed by atoms with van der Waals surface area (Å²) in [5, 5.41) is 15.9. The fourth-order valence-electron chi connectivity index (χ4n) is 1.45. The molecule has 0 radical (unpaired) electrons. The predicted octanol–water partition coefficient (Wildman–Crippen LogP) is 1.51. The van der Waals surface area contributed by atoms with E-state index in [0.29, 0.717) is 5.56 Å². The van der Waals surface area contributed by atoms with Crippen LogP contribution in [0.4, 0.5) is 5.69 Å². The minimum absolute atomic E-state index is 0.00741. The normalized spacial score (nSPS) is 11.7. The van der Waals surface area contributed by atoms with Gasteiger partial charge < -0.3 is 4.74 Å². The maximum atomic E-state index is 11.3. The maximum absolute atomic E-state index is 11.3. The molecule has 0 aromatic heterocycles. The number of ether oxygens (including phenoxy) is 1. The van der Waals surface area contributed by atoms with Crippen molar-refractivity contribution >= 4 is 15.7 Å². The lowest BCUT2D eigenvalue weighted by Crippen LogP contribution is -2.14. The van der Waals surface area contributed by atoms with Crippen LogP contribution in [0.15, 0.2) is 29.2 Å². The van der Waals surface area contributed by atoms with Crippen LogP contribution >= 0.6 is 0 Å². The lowest BCUT2D eigenvalue weighted by molar-refractivity contribution is -0.386. The zero-order chi connectivity index (χ0) is 14.6. The Morgan fingerprint density at radius 1 is 1.47 bits per heavy atom. The van der Waals surface area contributed by atoms with Crippen molar-refractivity contribution in [1.29, 1.82) is 0 Å². The second kappa shape index (κ2) is 5.81. The average molecular weight is 286 g/mol. The van der Waals surface area contributed by atoms with Crippen molar-refractivity contribution in [3.8, 4) is 5.75 Å². The van der Waals surface area contributed by atoms with Crippen LogP contribution in [0.3, 0.4) is 0 Å².